The van der Waals surface area contributed by atoms with Crippen LogP contribution in [0.25, 0.3) is 0 Å². The molecule has 6 nitrogen and oxygen atoms in total. The quantitative estimate of drug-likeness (QED) is 0.820. The van der Waals surface area contributed by atoms with Crippen molar-refractivity contribution in [1.29, 1.82) is 0 Å². The maximum Gasteiger partial charge on any atom is 0.225 e. The van der Waals surface area contributed by atoms with Crippen molar-refractivity contribution < 1.29 is 14.3 Å². The number of benzene rings is 1. The van der Waals surface area contributed by atoms with E-state index in [0.717, 1.165) is 24.2 Å². The minimum absolute atomic E-state index is 0.0144. The van der Waals surface area contributed by atoms with Gasteiger partial charge in [0.05, 0.1) is 13.0 Å². The Morgan fingerprint density at radius 3 is 2.74 bits per heavy atom. The van der Waals surface area contributed by atoms with Crippen molar-refractivity contribution in [2.24, 2.45) is 23.5 Å². The first-order valence-corrected chi connectivity index (χ1v) is 9.44. The Bertz CT molecular complexity index is 807. The molecule has 0 radical (unpaired) electrons. The van der Waals surface area contributed by atoms with E-state index in [2.05, 4.69) is 10.3 Å². The van der Waals surface area contributed by atoms with Crippen LogP contribution in [-0.2, 0) is 11.3 Å². The molecule has 1 amide bonds. The number of carbonyl (C=O) groups is 1. The molecule has 142 valence electrons. The van der Waals surface area contributed by atoms with Crippen LogP contribution in [0.5, 0.6) is 17.4 Å². The van der Waals surface area contributed by atoms with Gasteiger partial charge in [0.15, 0.2) is 0 Å². The molecule has 4 atom stereocenters. The van der Waals surface area contributed by atoms with E-state index in [1.807, 2.05) is 24.3 Å². The highest BCUT2D eigenvalue weighted by atomic mass is 16.5. The molecule has 0 spiro atoms. The van der Waals surface area contributed by atoms with Gasteiger partial charge < -0.3 is 20.5 Å². The van der Waals surface area contributed by atoms with Crippen molar-refractivity contribution in [2.75, 3.05) is 7.11 Å². The molecule has 27 heavy (non-hydrogen) atoms. The van der Waals surface area contributed by atoms with Crippen LogP contribution >= 0.6 is 0 Å². The second kappa shape index (κ2) is 7.56. The highest BCUT2D eigenvalue weighted by Crippen LogP contribution is 2.47. The van der Waals surface area contributed by atoms with E-state index in [9.17, 15) is 4.79 Å². The fraction of sp³-hybridized carbons (Fsp3) is 0.429. The Morgan fingerprint density at radius 2 is 2.04 bits per heavy atom. The summed E-state index contributed by atoms with van der Waals surface area (Å²) in [5.74, 6) is 2.91. The fourth-order valence-corrected chi connectivity index (χ4v) is 4.39. The van der Waals surface area contributed by atoms with Crippen LogP contribution in [0.4, 0.5) is 0 Å². The predicted octanol–water partition coefficient (Wildman–Crippen LogP) is 2.87. The Kier molecular flexibility index (Phi) is 4.99. The number of hydrogen-bond donors (Lipinski definition) is 2. The van der Waals surface area contributed by atoms with Crippen LogP contribution in [0.15, 0.2) is 42.6 Å². The third-order valence-electron chi connectivity index (χ3n) is 5.81. The molecule has 2 saturated carbocycles. The first-order chi connectivity index (χ1) is 13.1. The summed E-state index contributed by atoms with van der Waals surface area (Å²) in [5, 5.41) is 3.02. The van der Waals surface area contributed by atoms with Crippen molar-refractivity contribution in [3.63, 3.8) is 0 Å². The van der Waals surface area contributed by atoms with Gasteiger partial charge in [-0.2, -0.15) is 0 Å². The van der Waals surface area contributed by atoms with E-state index < -0.39 is 0 Å². The van der Waals surface area contributed by atoms with Gasteiger partial charge in [0.2, 0.25) is 11.8 Å². The molecule has 1 heterocycles. The van der Waals surface area contributed by atoms with Crippen molar-refractivity contribution in [3.05, 3.63) is 48.2 Å². The summed E-state index contributed by atoms with van der Waals surface area (Å²) >= 11 is 0. The molecule has 2 bridgehead atoms. The zero-order valence-corrected chi connectivity index (χ0v) is 15.4. The highest BCUT2D eigenvalue weighted by Gasteiger charge is 2.48. The van der Waals surface area contributed by atoms with Gasteiger partial charge in [-0.05, 0) is 48.8 Å². The zero-order valence-electron chi connectivity index (χ0n) is 15.4. The van der Waals surface area contributed by atoms with E-state index in [-0.39, 0.29) is 17.9 Å². The third kappa shape index (κ3) is 3.76. The van der Waals surface area contributed by atoms with Crippen molar-refractivity contribution in [1.82, 2.24) is 10.3 Å². The number of methoxy groups -OCH3 is 1. The average Bonchev–Trinajstić information content (AvgIpc) is 3.29. The molecule has 2 fully saturated rings. The fourth-order valence-electron chi connectivity index (χ4n) is 4.39. The number of nitrogens with zero attached hydrogens (tertiary/aromatic N) is 1. The molecule has 2 aromatic rings. The molecular formula is C21H25N3O3. The Morgan fingerprint density at radius 1 is 1.22 bits per heavy atom. The van der Waals surface area contributed by atoms with Gasteiger partial charge in [0, 0.05) is 30.9 Å². The molecule has 0 aliphatic heterocycles. The molecule has 4 rings (SSSR count). The van der Waals surface area contributed by atoms with Gasteiger partial charge in [-0.3, -0.25) is 4.79 Å². The summed E-state index contributed by atoms with van der Waals surface area (Å²) in [4.78, 5) is 16.9. The number of hydrogen-bond acceptors (Lipinski definition) is 5. The molecule has 2 aliphatic carbocycles. The number of rotatable bonds is 6. The van der Waals surface area contributed by atoms with E-state index in [1.54, 1.807) is 25.4 Å². The monoisotopic (exact) mass is 367 g/mol. The van der Waals surface area contributed by atoms with Gasteiger partial charge >= 0.3 is 0 Å². The Labute approximate surface area is 159 Å². The second-order valence-electron chi connectivity index (χ2n) is 7.44. The van der Waals surface area contributed by atoms with E-state index in [4.69, 9.17) is 15.2 Å². The summed E-state index contributed by atoms with van der Waals surface area (Å²) in [5.41, 5.74) is 7.18. The van der Waals surface area contributed by atoms with E-state index >= 15 is 0 Å². The number of fused-ring (bicyclic) bond motifs is 2. The molecule has 1 aromatic heterocycles. The van der Waals surface area contributed by atoms with Gasteiger partial charge in [-0.1, -0.05) is 12.1 Å². The van der Waals surface area contributed by atoms with Crippen LogP contribution in [0.2, 0.25) is 0 Å². The molecule has 6 heteroatoms. The highest BCUT2D eigenvalue weighted by molar-refractivity contribution is 5.80. The number of aromatic nitrogens is 1. The van der Waals surface area contributed by atoms with Crippen LogP contribution in [0.3, 0.4) is 0 Å². The van der Waals surface area contributed by atoms with Crippen molar-refractivity contribution >= 4 is 5.91 Å². The lowest BCUT2D eigenvalue weighted by atomic mass is 9.84. The molecule has 3 N–H and O–H groups in total. The van der Waals surface area contributed by atoms with Crippen LogP contribution < -0.4 is 20.5 Å². The lowest BCUT2D eigenvalue weighted by Gasteiger charge is -2.27. The van der Waals surface area contributed by atoms with Crippen molar-refractivity contribution in [2.45, 2.75) is 31.8 Å². The third-order valence-corrected chi connectivity index (χ3v) is 5.81. The number of ether oxygens (including phenoxy) is 2. The Balaban J connectivity index is 1.32. The standard InChI is InChI=1S/C21H25N3O3/c1-26-16-3-2-4-17(10-16)27-18-8-5-13(11-23-18)12-24-21(25)19-14-6-7-15(9-14)20(19)22/h2-5,8,10-11,14-15,19-20H,6-7,9,12,22H2,1H3,(H,24,25). The minimum atomic E-state index is -0.0348. The number of nitrogens with one attached hydrogen (secondary N) is 1. The molecular weight excluding hydrogens is 342 g/mol. The lowest BCUT2D eigenvalue weighted by molar-refractivity contribution is -0.127. The van der Waals surface area contributed by atoms with Crippen LogP contribution in [-0.4, -0.2) is 24.0 Å². The second-order valence-corrected chi connectivity index (χ2v) is 7.44. The lowest BCUT2D eigenvalue weighted by Crippen LogP contribution is -2.45. The topological polar surface area (TPSA) is 86.5 Å². The molecule has 4 unspecified atom stereocenters. The Hall–Kier alpha value is -2.60. The van der Waals surface area contributed by atoms with Gasteiger partial charge in [-0.15, -0.1) is 0 Å². The molecule has 0 saturated heterocycles. The average molecular weight is 367 g/mol. The van der Waals surface area contributed by atoms with E-state index in [0.29, 0.717) is 30.0 Å². The predicted molar refractivity (Wildman–Crippen MR) is 101 cm³/mol. The van der Waals surface area contributed by atoms with Gasteiger partial charge in [0.1, 0.15) is 11.5 Å². The summed E-state index contributed by atoms with van der Waals surface area (Å²) in [6.07, 6.45) is 5.14. The first kappa shape index (κ1) is 17.8. The molecule has 1 aromatic carbocycles. The smallest absolute Gasteiger partial charge is 0.225 e. The van der Waals surface area contributed by atoms with Crippen molar-refractivity contribution in [3.8, 4) is 17.4 Å². The number of pyridine rings is 1. The number of nitrogens with two attached hydrogens (primary N) is 1. The normalized spacial score (nSPS) is 26.0. The van der Waals surface area contributed by atoms with Gasteiger partial charge in [0.25, 0.3) is 0 Å². The summed E-state index contributed by atoms with van der Waals surface area (Å²) in [7, 11) is 1.62. The van der Waals surface area contributed by atoms with E-state index in [1.165, 1.54) is 6.42 Å². The minimum Gasteiger partial charge on any atom is -0.497 e. The maximum absolute atomic E-state index is 12.5. The summed E-state index contributed by atoms with van der Waals surface area (Å²) < 4.78 is 10.9. The van der Waals surface area contributed by atoms with Crippen LogP contribution in [0, 0.1) is 17.8 Å². The maximum atomic E-state index is 12.5. The molecule has 2 aliphatic rings. The van der Waals surface area contributed by atoms with Crippen LogP contribution in [0.1, 0.15) is 24.8 Å². The summed E-state index contributed by atoms with van der Waals surface area (Å²) in [6.45, 7) is 0.450. The largest absolute Gasteiger partial charge is 0.497 e. The number of amides is 1. The number of carbonyl (C=O) groups excluding carboxylic acids is 1. The SMILES string of the molecule is COc1cccc(Oc2ccc(CNC(=O)C3C4CCC(C4)C3N)cn2)c1. The zero-order chi connectivity index (χ0) is 18.8. The first-order valence-electron chi connectivity index (χ1n) is 9.44. The summed E-state index contributed by atoms with van der Waals surface area (Å²) in [6, 6.07) is 11.1. The van der Waals surface area contributed by atoms with Gasteiger partial charge in [-0.25, -0.2) is 4.98 Å².